The van der Waals surface area contributed by atoms with Gasteiger partial charge in [0.05, 0.1) is 29.1 Å². The summed E-state index contributed by atoms with van der Waals surface area (Å²) >= 11 is 6.06. The summed E-state index contributed by atoms with van der Waals surface area (Å²) in [7, 11) is -3.27. The lowest BCUT2D eigenvalue weighted by atomic mass is 10.1. The van der Waals surface area contributed by atoms with Gasteiger partial charge in [0.15, 0.2) is 0 Å². The van der Waals surface area contributed by atoms with Crippen molar-refractivity contribution in [2.45, 2.75) is 6.92 Å². The number of rotatable bonds is 7. The molecular weight excluding hydrogens is 318 g/mol. The summed E-state index contributed by atoms with van der Waals surface area (Å²) in [5.41, 5.74) is 6.57. The molecule has 118 valence electrons. The van der Waals surface area contributed by atoms with Crippen LogP contribution < -0.4 is 15.8 Å². The smallest absolute Gasteiger partial charge is 0.340 e. The molecule has 0 aromatic heterocycles. The van der Waals surface area contributed by atoms with E-state index < -0.39 is 16.0 Å². The average Bonchev–Trinajstić information content (AvgIpc) is 2.34. The van der Waals surface area contributed by atoms with Gasteiger partial charge >= 0.3 is 5.97 Å². The molecule has 1 rings (SSSR count). The summed E-state index contributed by atoms with van der Waals surface area (Å²) in [5, 5.41) is 3.17. The predicted octanol–water partition coefficient (Wildman–Crippen LogP) is 1.06. The Morgan fingerprint density at radius 3 is 2.62 bits per heavy atom. The van der Waals surface area contributed by atoms with Gasteiger partial charge in [-0.15, -0.1) is 0 Å². The Hall–Kier alpha value is -1.51. The maximum atomic E-state index is 11.9. The van der Waals surface area contributed by atoms with Crippen molar-refractivity contribution in [3.8, 4) is 0 Å². The highest BCUT2D eigenvalue weighted by Crippen LogP contribution is 2.29. The standard InChI is InChI=1S/C12H18ClN3O4S/c1-3-20-12(17)9-6-8(14)7-10(13)11(9)15-4-5-16-21(2,18)19/h6-7,15-16H,3-5,14H2,1-2H3. The molecule has 1 aromatic rings. The molecule has 21 heavy (non-hydrogen) atoms. The zero-order valence-corrected chi connectivity index (χ0v) is 13.3. The second-order valence-electron chi connectivity index (χ2n) is 4.24. The number of ether oxygens (including phenoxy) is 1. The number of halogens is 1. The third-order valence-corrected chi connectivity index (χ3v) is 3.43. The van der Waals surface area contributed by atoms with Crippen LogP contribution in [-0.4, -0.2) is 40.3 Å². The number of nitrogens with two attached hydrogens (primary N) is 1. The molecule has 0 saturated carbocycles. The van der Waals surface area contributed by atoms with E-state index in [-0.39, 0.29) is 30.3 Å². The summed E-state index contributed by atoms with van der Waals surface area (Å²) in [4.78, 5) is 11.9. The quantitative estimate of drug-likeness (QED) is 0.390. The molecular formula is C12H18ClN3O4S. The first kappa shape index (κ1) is 17.5. The molecule has 7 nitrogen and oxygen atoms in total. The first-order valence-corrected chi connectivity index (χ1v) is 8.46. The average molecular weight is 336 g/mol. The number of nitrogen functional groups attached to an aromatic ring is 1. The first-order valence-electron chi connectivity index (χ1n) is 6.19. The number of carbonyl (C=O) groups is 1. The van der Waals surface area contributed by atoms with Crippen LogP contribution in [-0.2, 0) is 14.8 Å². The van der Waals surface area contributed by atoms with Crippen LogP contribution in [0.3, 0.4) is 0 Å². The predicted molar refractivity (Wildman–Crippen MR) is 83.2 cm³/mol. The van der Waals surface area contributed by atoms with Crippen LogP contribution in [0, 0.1) is 0 Å². The molecule has 0 aliphatic rings. The van der Waals surface area contributed by atoms with Crippen molar-refractivity contribution in [3.05, 3.63) is 22.7 Å². The van der Waals surface area contributed by atoms with Crippen LogP contribution in [0.4, 0.5) is 11.4 Å². The van der Waals surface area contributed by atoms with Crippen molar-refractivity contribution in [1.29, 1.82) is 0 Å². The number of anilines is 2. The maximum absolute atomic E-state index is 11.9. The van der Waals surface area contributed by atoms with Crippen molar-refractivity contribution in [1.82, 2.24) is 4.72 Å². The highest BCUT2D eigenvalue weighted by molar-refractivity contribution is 7.88. The van der Waals surface area contributed by atoms with Crippen molar-refractivity contribution < 1.29 is 17.9 Å². The molecule has 1 aromatic carbocycles. The number of hydrogen-bond acceptors (Lipinski definition) is 6. The van der Waals surface area contributed by atoms with Gasteiger partial charge in [0.25, 0.3) is 0 Å². The molecule has 0 unspecified atom stereocenters. The zero-order chi connectivity index (χ0) is 16.0. The number of sulfonamides is 1. The monoisotopic (exact) mass is 335 g/mol. The lowest BCUT2D eigenvalue weighted by molar-refractivity contribution is 0.0527. The molecule has 0 heterocycles. The van der Waals surface area contributed by atoms with Crippen LogP contribution in [0.5, 0.6) is 0 Å². The molecule has 0 aliphatic carbocycles. The summed E-state index contributed by atoms with van der Waals surface area (Å²) in [5.74, 6) is -0.551. The molecule has 0 spiro atoms. The second kappa shape index (κ2) is 7.48. The van der Waals surface area contributed by atoms with Gasteiger partial charge in [-0.25, -0.2) is 17.9 Å². The Balaban J connectivity index is 2.87. The fourth-order valence-corrected chi connectivity index (χ4v) is 2.37. The fourth-order valence-electron chi connectivity index (χ4n) is 1.60. The molecule has 0 fully saturated rings. The Kier molecular flexibility index (Phi) is 6.25. The van der Waals surface area contributed by atoms with E-state index in [1.54, 1.807) is 6.92 Å². The Morgan fingerprint density at radius 2 is 2.05 bits per heavy atom. The van der Waals surface area contributed by atoms with Crippen LogP contribution in [0.25, 0.3) is 0 Å². The largest absolute Gasteiger partial charge is 0.462 e. The Labute approximate surface area is 128 Å². The number of carbonyl (C=O) groups excluding carboxylic acids is 1. The van der Waals surface area contributed by atoms with Crippen LogP contribution in [0.15, 0.2) is 12.1 Å². The molecule has 4 N–H and O–H groups in total. The normalized spacial score (nSPS) is 11.2. The Bertz CT molecular complexity index is 619. The van der Waals surface area contributed by atoms with Crippen LogP contribution >= 0.6 is 11.6 Å². The summed E-state index contributed by atoms with van der Waals surface area (Å²) in [6.45, 7) is 2.32. The van der Waals surface area contributed by atoms with Crippen molar-refractivity contribution in [2.75, 3.05) is 37.0 Å². The maximum Gasteiger partial charge on any atom is 0.340 e. The highest BCUT2D eigenvalue weighted by atomic mass is 35.5. The second-order valence-corrected chi connectivity index (χ2v) is 6.48. The van der Waals surface area contributed by atoms with Gasteiger partial charge in [-0.1, -0.05) is 11.6 Å². The van der Waals surface area contributed by atoms with E-state index in [0.717, 1.165) is 6.26 Å². The number of esters is 1. The van der Waals surface area contributed by atoms with Gasteiger partial charge in [0.2, 0.25) is 10.0 Å². The summed E-state index contributed by atoms with van der Waals surface area (Å²) in [6, 6.07) is 2.95. The topological polar surface area (TPSA) is 111 Å². The van der Waals surface area contributed by atoms with E-state index in [1.807, 2.05) is 0 Å². The molecule has 0 atom stereocenters. The number of nitrogens with one attached hydrogen (secondary N) is 2. The minimum absolute atomic E-state index is 0.155. The molecule has 0 amide bonds. The van der Waals surface area contributed by atoms with Gasteiger partial charge in [-0.2, -0.15) is 0 Å². The third kappa shape index (κ3) is 5.78. The van der Waals surface area contributed by atoms with Crippen molar-refractivity contribution in [3.63, 3.8) is 0 Å². The number of hydrogen-bond donors (Lipinski definition) is 3. The molecule has 9 heteroatoms. The van der Waals surface area contributed by atoms with Gasteiger partial charge < -0.3 is 15.8 Å². The lowest BCUT2D eigenvalue weighted by Gasteiger charge is -2.14. The minimum atomic E-state index is -3.27. The molecule has 0 radical (unpaired) electrons. The Morgan fingerprint density at radius 1 is 1.38 bits per heavy atom. The highest BCUT2D eigenvalue weighted by Gasteiger charge is 2.16. The molecule has 0 bridgehead atoms. The fraction of sp³-hybridized carbons (Fsp3) is 0.417. The first-order chi connectivity index (χ1) is 9.74. The van der Waals surface area contributed by atoms with Gasteiger partial charge in [-0.3, -0.25) is 0 Å². The zero-order valence-electron chi connectivity index (χ0n) is 11.8. The third-order valence-electron chi connectivity index (χ3n) is 2.40. The van der Waals surface area contributed by atoms with Gasteiger partial charge in [0.1, 0.15) is 0 Å². The van der Waals surface area contributed by atoms with Crippen LogP contribution in [0.1, 0.15) is 17.3 Å². The van der Waals surface area contributed by atoms with Crippen molar-refractivity contribution in [2.24, 2.45) is 0 Å². The van der Waals surface area contributed by atoms with E-state index in [2.05, 4.69) is 10.0 Å². The summed E-state index contributed by atoms with van der Waals surface area (Å²) < 4.78 is 29.2. The SMILES string of the molecule is CCOC(=O)c1cc(N)cc(Cl)c1NCCNS(C)(=O)=O. The van der Waals surface area contributed by atoms with E-state index >= 15 is 0 Å². The number of benzene rings is 1. The van der Waals surface area contributed by atoms with E-state index in [4.69, 9.17) is 22.1 Å². The van der Waals surface area contributed by atoms with Crippen LogP contribution in [0.2, 0.25) is 5.02 Å². The van der Waals surface area contributed by atoms with E-state index in [1.165, 1.54) is 12.1 Å². The summed E-state index contributed by atoms with van der Waals surface area (Å²) in [6.07, 6.45) is 1.06. The molecule has 0 aliphatic heterocycles. The lowest BCUT2D eigenvalue weighted by Crippen LogP contribution is -2.28. The molecule has 0 saturated heterocycles. The van der Waals surface area contributed by atoms with E-state index in [0.29, 0.717) is 11.4 Å². The van der Waals surface area contributed by atoms with Crippen molar-refractivity contribution >= 4 is 39.0 Å². The van der Waals surface area contributed by atoms with E-state index in [9.17, 15) is 13.2 Å². The minimum Gasteiger partial charge on any atom is -0.462 e. The van der Waals surface area contributed by atoms with Gasteiger partial charge in [-0.05, 0) is 19.1 Å². The van der Waals surface area contributed by atoms with Gasteiger partial charge in [0, 0.05) is 18.8 Å².